The van der Waals surface area contributed by atoms with Gasteiger partial charge in [-0.1, -0.05) is 112 Å². The molecule has 0 aromatic heterocycles. The molecule has 4 N–H and O–H groups in total. The molecule has 7 nitrogen and oxygen atoms in total. The fourth-order valence-electron chi connectivity index (χ4n) is 9.51. The Bertz CT molecular complexity index is 2300. The van der Waals surface area contributed by atoms with Crippen molar-refractivity contribution < 1.29 is 19.3 Å². The second kappa shape index (κ2) is 16.8. The van der Waals surface area contributed by atoms with E-state index >= 15 is 0 Å². The SMILES string of the molecule is CCC1(CC)C(/C=C/C=C/C=C/C=C2/N(CCC(=O)NC(C)N)c3ccc4cc(C)ccc4c3C2(CC)CC)=[N+](CCC(=O)O)c2ccc3cc(C)ccc3c21. The highest BCUT2D eigenvalue weighted by atomic mass is 16.4. The molecule has 0 bridgehead atoms. The monoisotopic (exact) mass is 751 g/mol. The van der Waals surface area contributed by atoms with Gasteiger partial charge >= 0.3 is 5.97 Å². The molecule has 0 aliphatic carbocycles. The number of rotatable bonds is 15. The summed E-state index contributed by atoms with van der Waals surface area (Å²) in [6, 6.07) is 22.1. The van der Waals surface area contributed by atoms with E-state index < -0.39 is 12.1 Å². The molecule has 0 spiro atoms. The Balaban J connectivity index is 1.34. The maximum atomic E-state index is 12.8. The first-order valence-electron chi connectivity index (χ1n) is 20.4. The Hall–Kier alpha value is -5.27. The maximum absolute atomic E-state index is 12.8. The lowest BCUT2D eigenvalue weighted by Crippen LogP contribution is -2.40. The molecule has 0 fully saturated rings. The van der Waals surface area contributed by atoms with Crippen molar-refractivity contribution in [3.8, 4) is 0 Å². The third-order valence-electron chi connectivity index (χ3n) is 12.3. The minimum absolute atomic E-state index is 0.0590. The number of nitrogens with zero attached hydrogens (tertiary/aromatic N) is 2. The number of carbonyl (C=O) groups is 2. The standard InChI is InChI=1S/C49H58N4O3/c1-8-48(9-2)42(52(29-27-44(54)51-35(7)50)40-25-21-36-31-33(5)19-23-38(36)46(40)48)17-15-13-12-14-16-18-43-49(10-3,11-4)47-39-24-20-34(6)32-37(39)22-26-41(47)53(43)30-28-45(55)56/h12-26,31-32,35H,8-11,27-30,50H2,1-7H3,(H-,51,54,55,56)/p+1. The average Bonchev–Trinajstić information content (AvgIpc) is 3.61. The van der Waals surface area contributed by atoms with Gasteiger partial charge in [-0.05, 0) is 91.8 Å². The summed E-state index contributed by atoms with van der Waals surface area (Å²) in [4.78, 5) is 27.0. The van der Waals surface area contributed by atoms with E-state index in [2.05, 4.69) is 160 Å². The number of carboxylic acid groups (broad SMARTS) is 1. The van der Waals surface area contributed by atoms with Crippen LogP contribution in [0.15, 0.2) is 109 Å². The number of amides is 1. The molecule has 7 heteroatoms. The van der Waals surface area contributed by atoms with Crippen LogP contribution in [0.4, 0.5) is 11.4 Å². The summed E-state index contributed by atoms with van der Waals surface area (Å²) in [6.07, 6.45) is 18.4. The Morgan fingerprint density at radius 3 is 1.98 bits per heavy atom. The lowest BCUT2D eigenvalue weighted by molar-refractivity contribution is -0.436. The summed E-state index contributed by atoms with van der Waals surface area (Å²) < 4.78 is 2.24. The molecule has 4 aromatic carbocycles. The van der Waals surface area contributed by atoms with Gasteiger partial charge in [-0.3, -0.25) is 9.59 Å². The van der Waals surface area contributed by atoms with Crippen molar-refractivity contribution in [2.24, 2.45) is 5.73 Å². The number of allylic oxidation sites excluding steroid dienone is 8. The smallest absolute Gasteiger partial charge is 0.309 e. The van der Waals surface area contributed by atoms with Crippen molar-refractivity contribution in [1.29, 1.82) is 0 Å². The van der Waals surface area contributed by atoms with Crippen molar-refractivity contribution in [2.45, 2.75) is 104 Å². The largest absolute Gasteiger partial charge is 0.481 e. The predicted octanol–water partition coefficient (Wildman–Crippen LogP) is 10.2. The van der Waals surface area contributed by atoms with Gasteiger partial charge in [-0.15, -0.1) is 0 Å². The summed E-state index contributed by atoms with van der Waals surface area (Å²) in [5.74, 6) is -0.858. The van der Waals surface area contributed by atoms with Crippen molar-refractivity contribution >= 4 is 50.5 Å². The highest BCUT2D eigenvalue weighted by Gasteiger charge is 2.50. The average molecular weight is 752 g/mol. The van der Waals surface area contributed by atoms with E-state index in [0.29, 0.717) is 19.5 Å². The second-order valence-corrected chi connectivity index (χ2v) is 15.6. The van der Waals surface area contributed by atoms with Crippen LogP contribution in [0.2, 0.25) is 0 Å². The first-order valence-corrected chi connectivity index (χ1v) is 20.4. The highest BCUT2D eigenvalue weighted by molar-refractivity contribution is 6.08. The molecule has 1 atom stereocenters. The lowest BCUT2D eigenvalue weighted by atomic mass is 9.71. The zero-order chi connectivity index (χ0) is 40.2. The number of carboxylic acids is 1. The quantitative estimate of drug-likeness (QED) is 0.0638. The summed E-state index contributed by atoms with van der Waals surface area (Å²) in [7, 11) is 0. The van der Waals surface area contributed by atoms with Crippen molar-refractivity contribution in [3.05, 3.63) is 131 Å². The molecule has 56 heavy (non-hydrogen) atoms. The van der Waals surface area contributed by atoms with E-state index in [0.717, 1.165) is 42.8 Å². The van der Waals surface area contributed by atoms with E-state index in [1.54, 1.807) is 6.92 Å². The number of anilines is 1. The Kier molecular flexibility index (Phi) is 12.2. The number of aryl methyl sites for hydroxylation is 2. The van der Waals surface area contributed by atoms with Crippen LogP contribution < -0.4 is 16.0 Å². The number of hydrogen-bond acceptors (Lipinski definition) is 4. The summed E-state index contributed by atoms with van der Waals surface area (Å²) >= 11 is 0. The summed E-state index contributed by atoms with van der Waals surface area (Å²) in [5.41, 5.74) is 15.2. The number of carbonyl (C=O) groups excluding carboxylic acids is 1. The van der Waals surface area contributed by atoms with Gasteiger partial charge in [0.15, 0.2) is 12.3 Å². The normalized spacial score (nSPS) is 17.3. The van der Waals surface area contributed by atoms with Gasteiger partial charge in [-0.25, -0.2) is 0 Å². The molecule has 2 aliphatic heterocycles. The molecule has 6 rings (SSSR count). The predicted molar refractivity (Wildman–Crippen MR) is 233 cm³/mol. The van der Waals surface area contributed by atoms with Crippen molar-refractivity contribution in [2.75, 3.05) is 18.0 Å². The number of hydrogen-bond donors (Lipinski definition) is 3. The minimum Gasteiger partial charge on any atom is -0.481 e. The molecule has 1 amide bonds. The van der Waals surface area contributed by atoms with Gasteiger partial charge in [-0.2, -0.15) is 4.58 Å². The molecule has 4 aromatic rings. The molecular weight excluding hydrogens is 693 g/mol. The molecule has 292 valence electrons. The topological polar surface area (TPSA) is 98.7 Å². The third kappa shape index (κ3) is 7.37. The van der Waals surface area contributed by atoms with Gasteiger partial charge in [0.25, 0.3) is 0 Å². The molecule has 0 saturated heterocycles. The Morgan fingerprint density at radius 2 is 1.38 bits per heavy atom. The van der Waals surface area contributed by atoms with E-state index in [-0.39, 0.29) is 23.2 Å². The molecule has 0 saturated carbocycles. The van der Waals surface area contributed by atoms with Crippen molar-refractivity contribution in [3.63, 3.8) is 0 Å². The highest BCUT2D eigenvalue weighted by Crippen LogP contribution is 2.55. The Morgan fingerprint density at radius 1 is 0.786 bits per heavy atom. The Labute approximate surface area is 333 Å². The van der Waals surface area contributed by atoms with Crippen LogP contribution in [0, 0.1) is 13.8 Å². The fourth-order valence-corrected chi connectivity index (χ4v) is 9.51. The molecule has 2 heterocycles. The van der Waals surface area contributed by atoms with Gasteiger partial charge in [0, 0.05) is 47.5 Å². The van der Waals surface area contributed by atoms with Gasteiger partial charge in [0.05, 0.1) is 11.6 Å². The number of aliphatic carboxylic acids is 1. The summed E-state index contributed by atoms with van der Waals surface area (Å²) in [6.45, 7) is 16.0. The molecule has 0 radical (unpaired) electrons. The first kappa shape index (κ1) is 40.4. The van der Waals surface area contributed by atoms with Gasteiger partial charge in [0.1, 0.15) is 6.42 Å². The zero-order valence-corrected chi connectivity index (χ0v) is 34.3. The van der Waals surface area contributed by atoms with E-state index in [9.17, 15) is 14.7 Å². The zero-order valence-electron chi connectivity index (χ0n) is 34.3. The van der Waals surface area contributed by atoms with Gasteiger partial charge in [0.2, 0.25) is 11.6 Å². The third-order valence-corrected chi connectivity index (χ3v) is 12.3. The lowest BCUT2D eigenvalue weighted by Gasteiger charge is -2.32. The van der Waals surface area contributed by atoms with Crippen LogP contribution in [0.3, 0.4) is 0 Å². The van der Waals surface area contributed by atoms with Gasteiger partial charge < -0.3 is 21.1 Å². The number of nitrogens with one attached hydrogen (secondary N) is 1. The second-order valence-electron chi connectivity index (χ2n) is 15.6. The maximum Gasteiger partial charge on any atom is 0.309 e. The summed E-state index contributed by atoms with van der Waals surface area (Å²) in [5, 5.41) is 17.5. The van der Waals surface area contributed by atoms with E-state index in [1.165, 1.54) is 49.5 Å². The van der Waals surface area contributed by atoms with Crippen LogP contribution in [0.25, 0.3) is 21.5 Å². The molecular formula is C49H59N4O3+. The van der Waals surface area contributed by atoms with Crippen molar-refractivity contribution in [1.82, 2.24) is 5.32 Å². The van der Waals surface area contributed by atoms with Crippen LogP contribution >= 0.6 is 0 Å². The molecule has 2 aliphatic rings. The fraction of sp³-hybridized carbons (Fsp3) is 0.367. The first-order chi connectivity index (χ1) is 26.9. The number of fused-ring (bicyclic) bond motifs is 6. The van der Waals surface area contributed by atoms with E-state index in [1.807, 2.05) is 0 Å². The van der Waals surface area contributed by atoms with Crippen LogP contribution in [0.1, 0.15) is 95.4 Å². The number of nitrogens with two attached hydrogens (primary N) is 1. The number of benzene rings is 4. The molecule has 1 unspecified atom stereocenters. The minimum atomic E-state index is -0.799. The van der Waals surface area contributed by atoms with E-state index in [4.69, 9.17) is 5.73 Å². The van der Waals surface area contributed by atoms with Crippen LogP contribution in [-0.4, -0.2) is 46.5 Å². The van der Waals surface area contributed by atoms with Crippen LogP contribution in [-0.2, 0) is 20.4 Å². The van der Waals surface area contributed by atoms with Crippen LogP contribution in [0.5, 0.6) is 0 Å².